The number of hydrogen-bond donors (Lipinski definition) is 1. The molecule has 0 radical (unpaired) electrons. The van der Waals surface area contributed by atoms with Gasteiger partial charge in [0.1, 0.15) is 23.1 Å². The van der Waals surface area contributed by atoms with Crippen LogP contribution < -0.4 is 10.1 Å². The molecule has 4 aromatic rings. The molecule has 4 heterocycles. The quantitative estimate of drug-likeness (QED) is 0.245. The highest BCUT2D eigenvalue weighted by Gasteiger charge is 2.37. The molecule has 2 aliphatic carbocycles. The summed E-state index contributed by atoms with van der Waals surface area (Å²) in [5.41, 5.74) is 1.93. The van der Waals surface area contributed by atoms with Gasteiger partial charge in [0.05, 0.1) is 40.4 Å². The van der Waals surface area contributed by atoms with Crippen LogP contribution in [-0.2, 0) is 10.0 Å². The van der Waals surface area contributed by atoms with Gasteiger partial charge in [-0.2, -0.15) is 9.19 Å². The van der Waals surface area contributed by atoms with Crippen molar-refractivity contribution < 1.29 is 13.2 Å². The minimum absolute atomic E-state index is 0.356. The van der Waals surface area contributed by atoms with Crippen LogP contribution in [-0.4, -0.2) is 74.9 Å². The van der Waals surface area contributed by atoms with Crippen LogP contribution in [0.4, 0.5) is 11.6 Å². The third-order valence-electron chi connectivity index (χ3n) is 7.81. The lowest BCUT2D eigenvalue weighted by Gasteiger charge is -2.30. The number of aryl methyl sites for hydroxylation is 1. The molecule has 0 spiro atoms. The fraction of sp³-hybridized carbons (Fsp3) is 0.452. The van der Waals surface area contributed by atoms with E-state index < -0.39 is 10.0 Å². The molecule has 11 nitrogen and oxygen atoms in total. The Morgan fingerprint density at radius 3 is 2.57 bits per heavy atom. The minimum atomic E-state index is -3.47. The van der Waals surface area contributed by atoms with Gasteiger partial charge >= 0.3 is 0 Å². The standard InChI is InChI=1S/C31H36N8O3S2/c1-21-35-26(20-43-21)9-8-24-15-33-30(14-28(24)42-19-23-6-4-22(5-7-23)17-38(2)3)36-29-12-13-32-31(37-29)25-16-34-39(18-25)44(40,41)27-10-11-27/h12-16,18,20,22-23,27H,4-7,10-11,17,19H2,1-3H3,(H,32,33,36,37)/t22-,23-. The Hall–Kier alpha value is -3.86. The van der Waals surface area contributed by atoms with E-state index in [0.717, 1.165) is 40.1 Å². The van der Waals surface area contributed by atoms with E-state index in [2.05, 4.69) is 61.2 Å². The lowest BCUT2D eigenvalue weighted by atomic mass is 9.82. The molecule has 2 fully saturated rings. The monoisotopic (exact) mass is 632 g/mol. The van der Waals surface area contributed by atoms with E-state index in [1.807, 2.05) is 18.4 Å². The first-order valence-electron chi connectivity index (χ1n) is 14.8. The molecule has 230 valence electrons. The molecule has 0 saturated heterocycles. The lowest BCUT2D eigenvalue weighted by molar-refractivity contribution is 0.166. The van der Waals surface area contributed by atoms with Crippen molar-refractivity contribution in [2.45, 2.75) is 50.7 Å². The van der Waals surface area contributed by atoms with E-state index >= 15 is 0 Å². The van der Waals surface area contributed by atoms with Gasteiger partial charge in [-0.25, -0.2) is 28.4 Å². The number of thiazole rings is 1. The maximum atomic E-state index is 12.6. The number of nitrogens with one attached hydrogen (secondary N) is 1. The summed E-state index contributed by atoms with van der Waals surface area (Å²) in [6, 6.07) is 3.57. The summed E-state index contributed by atoms with van der Waals surface area (Å²) in [5.74, 6) is 9.63. The average molecular weight is 633 g/mol. The number of pyridine rings is 1. The van der Waals surface area contributed by atoms with Gasteiger partial charge in [-0.05, 0) is 83.4 Å². The van der Waals surface area contributed by atoms with Crippen LogP contribution in [0.2, 0.25) is 0 Å². The maximum Gasteiger partial charge on any atom is 0.256 e. The summed E-state index contributed by atoms with van der Waals surface area (Å²) < 4.78 is 32.5. The van der Waals surface area contributed by atoms with Crippen molar-refractivity contribution in [3.8, 4) is 29.0 Å². The molecule has 2 saturated carbocycles. The van der Waals surface area contributed by atoms with E-state index in [-0.39, 0.29) is 5.25 Å². The highest BCUT2D eigenvalue weighted by molar-refractivity contribution is 7.90. The molecule has 0 unspecified atom stereocenters. The molecule has 2 aliphatic rings. The van der Waals surface area contributed by atoms with Crippen molar-refractivity contribution in [3.63, 3.8) is 0 Å². The Bertz CT molecular complexity index is 1780. The van der Waals surface area contributed by atoms with E-state index in [1.165, 1.54) is 25.2 Å². The van der Waals surface area contributed by atoms with Crippen LogP contribution in [0.5, 0.6) is 5.75 Å². The Balaban J connectivity index is 1.18. The highest BCUT2D eigenvalue weighted by Crippen LogP contribution is 2.32. The first-order chi connectivity index (χ1) is 21.2. The smallest absolute Gasteiger partial charge is 0.256 e. The molecule has 0 amide bonds. The second-order valence-corrected chi connectivity index (χ2v) is 14.9. The van der Waals surface area contributed by atoms with Gasteiger partial charge in [-0.1, -0.05) is 5.92 Å². The van der Waals surface area contributed by atoms with Gasteiger partial charge in [-0.15, -0.1) is 11.3 Å². The van der Waals surface area contributed by atoms with Crippen LogP contribution in [0, 0.1) is 30.6 Å². The third kappa shape index (κ3) is 7.43. The van der Waals surface area contributed by atoms with Crippen LogP contribution in [0.15, 0.2) is 42.3 Å². The van der Waals surface area contributed by atoms with E-state index in [1.54, 1.807) is 29.8 Å². The summed E-state index contributed by atoms with van der Waals surface area (Å²) in [6.45, 7) is 3.71. The summed E-state index contributed by atoms with van der Waals surface area (Å²) in [4.78, 5) is 20.2. The zero-order valence-corrected chi connectivity index (χ0v) is 26.7. The first kappa shape index (κ1) is 30.2. The summed E-state index contributed by atoms with van der Waals surface area (Å²) in [6.07, 6.45) is 12.3. The second-order valence-electron chi connectivity index (χ2n) is 11.8. The maximum absolute atomic E-state index is 12.6. The second kappa shape index (κ2) is 13.0. The molecule has 13 heteroatoms. The van der Waals surface area contributed by atoms with Gasteiger partial charge in [0, 0.05) is 30.4 Å². The largest absolute Gasteiger partial charge is 0.492 e. The van der Waals surface area contributed by atoms with E-state index in [9.17, 15) is 8.42 Å². The number of anilines is 2. The van der Waals surface area contributed by atoms with Gasteiger partial charge in [0.2, 0.25) is 0 Å². The van der Waals surface area contributed by atoms with E-state index in [0.29, 0.717) is 59.7 Å². The Morgan fingerprint density at radius 1 is 1.05 bits per heavy atom. The topological polar surface area (TPSA) is 128 Å². The fourth-order valence-corrected chi connectivity index (χ4v) is 7.37. The normalized spacial score (nSPS) is 18.5. The zero-order chi connectivity index (χ0) is 30.7. The van der Waals surface area contributed by atoms with Crippen LogP contribution in [0.3, 0.4) is 0 Å². The summed E-state index contributed by atoms with van der Waals surface area (Å²) in [7, 11) is 0.805. The fourth-order valence-electron chi connectivity index (χ4n) is 5.35. The summed E-state index contributed by atoms with van der Waals surface area (Å²) in [5, 5.41) is 9.84. The summed E-state index contributed by atoms with van der Waals surface area (Å²) >= 11 is 1.57. The van der Waals surface area contributed by atoms with Crippen LogP contribution in [0.1, 0.15) is 54.8 Å². The van der Waals surface area contributed by atoms with Crippen molar-refractivity contribution in [2.75, 3.05) is 32.6 Å². The molecule has 4 aromatic heterocycles. The van der Waals surface area contributed by atoms with Gasteiger partial charge in [-0.3, -0.25) is 0 Å². The number of aromatic nitrogens is 6. The number of hydrogen-bond acceptors (Lipinski definition) is 11. The minimum Gasteiger partial charge on any atom is -0.492 e. The van der Waals surface area contributed by atoms with Gasteiger partial charge < -0.3 is 15.0 Å². The average Bonchev–Trinajstić information content (AvgIpc) is 3.61. The zero-order valence-electron chi connectivity index (χ0n) is 25.1. The van der Waals surface area contributed by atoms with Crippen molar-refractivity contribution >= 4 is 33.0 Å². The molecular weight excluding hydrogens is 597 g/mol. The van der Waals surface area contributed by atoms with Crippen molar-refractivity contribution in [1.82, 2.24) is 34.0 Å². The van der Waals surface area contributed by atoms with Crippen molar-refractivity contribution in [1.29, 1.82) is 0 Å². The third-order valence-corrected chi connectivity index (χ3v) is 10.6. The molecule has 0 bridgehead atoms. The van der Waals surface area contributed by atoms with Crippen LogP contribution >= 0.6 is 11.3 Å². The Labute approximate surface area is 262 Å². The van der Waals surface area contributed by atoms with Crippen molar-refractivity contribution in [2.24, 2.45) is 11.8 Å². The van der Waals surface area contributed by atoms with Gasteiger partial charge in [0.15, 0.2) is 5.82 Å². The molecule has 0 aromatic carbocycles. The molecule has 1 N–H and O–H groups in total. The SMILES string of the molecule is Cc1nc(C#Cc2cnc(Nc3ccnc(-c4cnn(S(=O)(=O)C5CC5)c4)n3)cc2OC[C@H]2CC[C@H](CN(C)C)CC2)cs1. The molecule has 0 atom stereocenters. The lowest BCUT2D eigenvalue weighted by Crippen LogP contribution is -2.27. The molecule has 44 heavy (non-hydrogen) atoms. The molecule has 6 rings (SSSR count). The number of ether oxygens (including phenoxy) is 1. The van der Waals surface area contributed by atoms with E-state index in [4.69, 9.17) is 4.74 Å². The number of rotatable bonds is 10. The predicted molar refractivity (Wildman–Crippen MR) is 170 cm³/mol. The van der Waals surface area contributed by atoms with Gasteiger partial charge in [0.25, 0.3) is 10.0 Å². The van der Waals surface area contributed by atoms with Crippen LogP contribution in [0.25, 0.3) is 11.4 Å². The highest BCUT2D eigenvalue weighted by atomic mass is 32.2. The number of nitrogens with zero attached hydrogens (tertiary/aromatic N) is 7. The Morgan fingerprint density at radius 2 is 1.84 bits per heavy atom. The Kier molecular flexibility index (Phi) is 8.93. The van der Waals surface area contributed by atoms with Crippen molar-refractivity contribution in [3.05, 3.63) is 58.6 Å². The molecule has 0 aliphatic heterocycles. The first-order valence-corrected chi connectivity index (χ1v) is 17.2. The molecular formula is C31H36N8O3S2. The predicted octanol–water partition coefficient (Wildman–Crippen LogP) is 4.73.